The van der Waals surface area contributed by atoms with E-state index in [-0.39, 0.29) is 5.91 Å². The molecule has 0 heterocycles. The third-order valence-electron chi connectivity index (χ3n) is 2.73. The van der Waals surface area contributed by atoms with Gasteiger partial charge in [-0.2, -0.15) is 0 Å². The van der Waals surface area contributed by atoms with Gasteiger partial charge in [0, 0.05) is 17.8 Å². The number of benzene rings is 2. The van der Waals surface area contributed by atoms with E-state index in [0.29, 0.717) is 12.1 Å². The molecule has 18 heavy (non-hydrogen) atoms. The number of amides is 1. The van der Waals surface area contributed by atoms with Gasteiger partial charge in [0.25, 0.3) is 5.91 Å². The molecule has 0 bridgehead atoms. The molecule has 0 aliphatic rings. The molecule has 0 unspecified atom stereocenters. The molecule has 0 saturated heterocycles. The highest BCUT2D eigenvalue weighted by Gasteiger charge is 2.05. The van der Waals surface area contributed by atoms with E-state index in [1.165, 1.54) is 0 Å². The van der Waals surface area contributed by atoms with E-state index in [2.05, 4.69) is 5.32 Å². The van der Waals surface area contributed by atoms with Crippen molar-refractivity contribution in [3.63, 3.8) is 0 Å². The third-order valence-corrected chi connectivity index (χ3v) is 2.73. The molecule has 0 aromatic heterocycles. The molecule has 0 atom stereocenters. The van der Waals surface area contributed by atoms with Crippen molar-refractivity contribution >= 4 is 11.6 Å². The third kappa shape index (κ3) is 2.96. The van der Waals surface area contributed by atoms with E-state index in [4.69, 9.17) is 5.73 Å². The summed E-state index contributed by atoms with van der Waals surface area (Å²) < 4.78 is 0. The zero-order valence-electron chi connectivity index (χ0n) is 10.3. The maximum Gasteiger partial charge on any atom is 0.255 e. The quantitative estimate of drug-likeness (QED) is 0.866. The lowest BCUT2D eigenvalue weighted by Gasteiger charge is -2.07. The number of carbonyl (C=O) groups excluding carboxylic acids is 1. The molecule has 92 valence electrons. The van der Waals surface area contributed by atoms with Crippen LogP contribution in [0.25, 0.3) is 0 Å². The predicted molar refractivity (Wildman–Crippen MR) is 73.5 cm³/mol. The maximum absolute atomic E-state index is 12.0. The minimum atomic E-state index is -0.107. The number of carbonyl (C=O) groups is 1. The second kappa shape index (κ2) is 5.47. The molecule has 0 fully saturated rings. The largest absolute Gasteiger partial charge is 0.326 e. The van der Waals surface area contributed by atoms with Crippen LogP contribution >= 0.6 is 0 Å². The summed E-state index contributed by atoms with van der Waals surface area (Å²) in [6.45, 7) is 2.46. The highest BCUT2D eigenvalue weighted by Crippen LogP contribution is 2.12. The van der Waals surface area contributed by atoms with Crippen LogP contribution < -0.4 is 11.1 Å². The van der Waals surface area contributed by atoms with Crippen molar-refractivity contribution in [2.75, 3.05) is 5.32 Å². The van der Waals surface area contributed by atoms with Crippen LogP contribution in [0, 0.1) is 6.92 Å². The van der Waals surface area contributed by atoms with Crippen molar-refractivity contribution < 1.29 is 4.79 Å². The molecule has 3 N–H and O–H groups in total. The van der Waals surface area contributed by atoms with Crippen molar-refractivity contribution in [2.45, 2.75) is 13.5 Å². The van der Waals surface area contributed by atoms with Crippen molar-refractivity contribution in [3.05, 3.63) is 65.2 Å². The molecule has 2 aromatic carbocycles. The van der Waals surface area contributed by atoms with E-state index in [0.717, 1.165) is 16.8 Å². The zero-order valence-corrected chi connectivity index (χ0v) is 10.3. The SMILES string of the molecule is Cc1ccc(C(=O)Nc2cccc(CN)c2)cc1. The predicted octanol–water partition coefficient (Wildman–Crippen LogP) is 2.71. The van der Waals surface area contributed by atoms with Gasteiger partial charge in [-0.1, -0.05) is 29.8 Å². The first kappa shape index (κ1) is 12.3. The van der Waals surface area contributed by atoms with Crippen molar-refractivity contribution in [2.24, 2.45) is 5.73 Å². The molecule has 3 nitrogen and oxygen atoms in total. The molecule has 0 aliphatic carbocycles. The van der Waals surface area contributed by atoms with Gasteiger partial charge < -0.3 is 11.1 Å². The standard InChI is InChI=1S/C15H16N2O/c1-11-5-7-13(8-6-11)15(18)17-14-4-2-3-12(9-14)10-16/h2-9H,10,16H2,1H3,(H,17,18). The highest BCUT2D eigenvalue weighted by atomic mass is 16.1. The number of hydrogen-bond acceptors (Lipinski definition) is 2. The average Bonchev–Trinajstić information content (AvgIpc) is 2.39. The Labute approximate surface area is 107 Å². The fraction of sp³-hybridized carbons (Fsp3) is 0.133. The number of nitrogens with one attached hydrogen (secondary N) is 1. The van der Waals surface area contributed by atoms with E-state index >= 15 is 0 Å². The first-order valence-corrected chi connectivity index (χ1v) is 5.86. The molecule has 0 spiro atoms. The Hall–Kier alpha value is -2.13. The Balaban J connectivity index is 2.13. The Bertz CT molecular complexity index is 547. The van der Waals surface area contributed by atoms with Crippen LogP contribution in [0.1, 0.15) is 21.5 Å². The minimum absolute atomic E-state index is 0.107. The van der Waals surface area contributed by atoms with Crippen LogP contribution in [-0.2, 0) is 6.54 Å². The number of anilines is 1. The van der Waals surface area contributed by atoms with E-state index in [1.807, 2.05) is 55.5 Å². The first-order valence-electron chi connectivity index (χ1n) is 5.86. The summed E-state index contributed by atoms with van der Waals surface area (Å²) in [6.07, 6.45) is 0. The van der Waals surface area contributed by atoms with Crippen LogP contribution in [0.3, 0.4) is 0 Å². The summed E-state index contributed by atoms with van der Waals surface area (Å²) in [5.41, 5.74) is 9.12. The number of rotatable bonds is 3. The Morgan fingerprint density at radius 2 is 1.89 bits per heavy atom. The van der Waals surface area contributed by atoms with Gasteiger partial charge in [-0.25, -0.2) is 0 Å². The van der Waals surface area contributed by atoms with Gasteiger partial charge in [-0.05, 0) is 36.8 Å². The normalized spacial score (nSPS) is 10.1. The fourth-order valence-electron chi connectivity index (χ4n) is 1.68. The first-order chi connectivity index (χ1) is 8.69. The van der Waals surface area contributed by atoms with Crippen LogP contribution in [0.4, 0.5) is 5.69 Å². The molecule has 1 amide bonds. The van der Waals surface area contributed by atoms with Gasteiger partial charge in [0.15, 0.2) is 0 Å². The molecule has 0 aliphatic heterocycles. The Morgan fingerprint density at radius 1 is 1.17 bits per heavy atom. The van der Waals surface area contributed by atoms with Crippen LogP contribution in [0.2, 0.25) is 0 Å². The second-order valence-electron chi connectivity index (χ2n) is 4.22. The van der Waals surface area contributed by atoms with Crippen LogP contribution in [-0.4, -0.2) is 5.91 Å². The average molecular weight is 240 g/mol. The van der Waals surface area contributed by atoms with Crippen molar-refractivity contribution in [1.82, 2.24) is 0 Å². The monoisotopic (exact) mass is 240 g/mol. The highest BCUT2D eigenvalue weighted by molar-refractivity contribution is 6.04. The van der Waals surface area contributed by atoms with E-state index in [1.54, 1.807) is 0 Å². The topological polar surface area (TPSA) is 55.1 Å². The van der Waals surface area contributed by atoms with Gasteiger partial charge in [0.05, 0.1) is 0 Å². The maximum atomic E-state index is 12.0. The zero-order chi connectivity index (χ0) is 13.0. The summed E-state index contributed by atoms with van der Waals surface area (Å²) in [5, 5.41) is 2.86. The molecule has 3 heteroatoms. The lowest BCUT2D eigenvalue weighted by molar-refractivity contribution is 0.102. The van der Waals surface area contributed by atoms with E-state index < -0.39 is 0 Å². The molecular weight excluding hydrogens is 224 g/mol. The summed E-state index contributed by atoms with van der Waals surface area (Å²) in [7, 11) is 0. The van der Waals surface area contributed by atoms with Crippen molar-refractivity contribution in [1.29, 1.82) is 0 Å². The fourth-order valence-corrected chi connectivity index (χ4v) is 1.68. The van der Waals surface area contributed by atoms with Gasteiger partial charge in [0.2, 0.25) is 0 Å². The lowest BCUT2D eigenvalue weighted by Crippen LogP contribution is -2.12. The summed E-state index contributed by atoms with van der Waals surface area (Å²) >= 11 is 0. The summed E-state index contributed by atoms with van der Waals surface area (Å²) in [4.78, 5) is 12.0. The van der Waals surface area contributed by atoms with Crippen LogP contribution in [0.5, 0.6) is 0 Å². The lowest BCUT2D eigenvalue weighted by atomic mass is 10.1. The minimum Gasteiger partial charge on any atom is -0.326 e. The smallest absolute Gasteiger partial charge is 0.255 e. The van der Waals surface area contributed by atoms with Gasteiger partial charge in [0.1, 0.15) is 0 Å². The molecule has 2 aromatic rings. The van der Waals surface area contributed by atoms with Gasteiger partial charge >= 0.3 is 0 Å². The number of hydrogen-bond donors (Lipinski definition) is 2. The summed E-state index contributed by atoms with van der Waals surface area (Å²) in [6, 6.07) is 15.0. The molecular formula is C15H16N2O. The molecule has 2 rings (SSSR count). The Kier molecular flexibility index (Phi) is 3.75. The van der Waals surface area contributed by atoms with Crippen LogP contribution in [0.15, 0.2) is 48.5 Å². The summed E-state index contributed by atoms with van der Waals surface area (Å²) in [5.74, 6) is -0.107. The van der Waals surface area contributed by atoms with Gasteiger partial charge in [-0.15, -0.1) is 0 Å². The number of nitrogens with two attached hydrogens (primary N) is 1. The number of aryl methyl sites for hydroxylation is 1. The Morgan fingerprint density at radius 3 is 2.56 bits per heavy atom. The molecule has 0 radical (unpaired) electrons. The van der Waals surface area contributed by atoms with Crippen molar-refractivity contribution in [3.8, 4) is 0 Å². The van der Waals surface area contributed by atoms with Gasteiger partial charge in [-0.3, -0.25) is 4.79 Å². The molecule has 0 saturated carbocycles. The van der Waals surface area contributed by atoms with E-state index in [9.17, 15) is 4.79 Å². The second-order valence-corrected chi connectivity index (χ2v) is 4.22.